The minimum atomic E-state index is -0.728. The highest BCUT2D eigenvalue weighted by Crippen LogP contribution is 2.22. The fraction of sp³-hybridized carbons (Fsp3) is 0.0909. The van der Waals surface area contributed by atoms with Crippen molar-refractivity contribution in [3.8, 4) is 0 Å². The normalized spacial score (nSPS) is 10.3. The maximum atomic E-state index is 12.9. The van der Waals surface area contributed by atoms with Crippen LogP contribution in [-0.2, 0) is 6.67 Å². The molecule has 0 saturated heterocycles. The smallest absolute Gasteiger partial charge is 0.322 e. The van der Waals surface area contributed by atoms with Crippen LogP contribution in [0.25, 0.3) is 0 Å². The molecule has 0 aromatic heterocycles. The Morgan fingerprint density at radius 3 is 2.21 bits per heavy atom. The summed E-state index contributed by atoms with van der Waals surface area (Å²) in [6.07, 6.45) is 0. The van der Waals surface area contributed by atoms with Crippen LogP contribution in [-0.4, -0.2) is 11.9 Å². The van der Waals surface area contributed by atoms with Gasteiger partial charge in [0.2, 0.25) is 0 Å². The summed E-state index contributed by atoms with van der Waals surface area (Å²) in [6.45, 7) is 1.21. The van der Waals surface area contributed by atoms with Crippen molar-refractivity contribution in [2.75, 3.05) is 16.0 Å². The number of hydrogen-bond donors (Lipinski definition) is 3. The van der Waals surface area contributed by atoms with Gasteiger partial charge >= 0.3 is 6.03 Å². The molecule has 3 rings (SSSR count). The summed E-state index contributed by atoms with van der Waals surface area (Å²) in [5.74, 6) is -0.287. The predicted octanol–water partition coefficient (Wildman–Crippen LogP) is 6.01. The van der Waals surface area contributed by atoms with Crippen molar-refractivity contribution in [2.45, 2.75) is 13.6 Å². The first-order valence-corrected chi connectivity index (χ1v) is 9.23. The third-order valence-corrected chi connectivity index (χ3v) is 4.47. The zero-order valence-electron chi connectivity index (χ0n) is 15.6. The molecule has 0 saturated carbocycles. The Balaban J connectivity index is 1.66. The van der Waals surface area contributed by atoms with Crippen molar-refractivity contribution in [1.82, 2.24) is 0 Å². The number of urea groups is 1. The lowest BCUT2D eigenvalue weighted by Crippen LogP contribution is -2.20. The topological polar surface area (TPSA) is 70.2 Å². The number of anilines is 3. The van der Waals surface area contributed by atoms with E-state index in [9.17, 15) is 14.0 Å². The van der Waals surface area contributed by atoms with Crippen LogP contribution in [0, 0.1) is 6.92 Å². The van der Waals surface area contributed by atoms with Gasteiger partial charge in [0.15, 0.2) is 0 Å². The Labute approximate surface area is 172 Å². The van der Waals surface area contributed by atoms with Gasteiger partial charge in [-0.25, -0.2) is 9.18 Å². The van der Waals surface area contributed by atoms with E-state index in [0.717, 1.165) is 5.56 Å². The van der Waals surface area contributed by atoms with E-state index in [1.54, 1.807) is 36.4 Å². The maximum absolute atomic E-state index is 12.9. The molecule has 29 heavy (non-hydrogen) atoms. The van der Waals surface area contributed by atoms with Crippen LogP contribution in [0.2, 0.25) is 5.02 Å². The first-order valence-electron chi connectivity index (χ1n) is 8.85. The third kappa shape index (κ3) is 5.56. The lowest BCUT2D eigenvalue weighted by molar-refractivity contribution is 0.102. The van der Waals surface area contributed by atoms with Gasteiger partial charge in [0, 0.05) is 33.2 Å². The van der Waals surface area contributed by atoms with Crippen molar-refractivity contribution < 1.29 is 14.0 Å². The lowest BCUT2D eigenvalue weighted by atomic mass is 10.1. The molecule has 0 heterocycles. The zero-order chi connectivity index (χ0) is 20.8. The van der Waals surface area contributed by atoms with E-state index in [1.807, 2.05) is 25.1 Å². The number of carbonyl (C=O) groups excluding carboxylic acids is 2. The van der Waals surface area contributed by atoms with E-state index in [0.29, 0.717) is 33.2 Å². The average Bonchev–Trinajstić information content (AvgIpc) is 2.69. The molecule has 0 fully saturated rings. The van der Waals surface area contributed by atoms with Gasteiger partial charge in [-0.2, -0.15) is 0 Å². The molecule has 0 aliphatic carbocycles. The van der Waals surface area contributed by atoms with Crippen LogP contribution in [0.3, 0.4) is 0 Å². The van der Waals surface area contributed by atoms with E-state index >= 15 is 0 Å². The van der Waals surface area contributed by atoms with Crippen molar-refractivity contribution >= 4 is 40.6 Å². The molecule has 3 aromatic carbocycles. The van der Waals surface area contributed by atoms with Crippen molar-refractivity contribution in [2.24, 2.45) is 0 Å². The van der Waals surface area contributed by atoms with Crippen LogP contribution < -0.4 is 16.0 Å². The molecule has 0 atom stereocenters. The molecule has 0 bridgehead atoms. The number of alkyl halides is 1. The standard InChI is InChI=1S/C22H19ClFN3O2/c1-14-4-2-6-17(10-14)25-21(28)15-5-3-7-18(11-15)26-22(29)27-19-8-9-20(23)16(12-19)13-24/h2-12H,13H2,1H3,(H,25,28)(H2,26,27,29). The Hall–Kier alpha value is -3.38. The number of benzene rings is 3. The Bertz CT molecular complexity index is 1060. The SMILES string of the molecule is Cc1cccc(NC(=O)c2cccc(NC(=O)Nc3ccc(Cl)c(CF)c3)c2)c1. The largest absolute Gasteiger partial charge is 0.323 e. The highest BCUT2D eigenvalue weighted by Gasteiger charge is 2.10. The van der Waals surface area contributed by atoms with Gasteiger partial charge in [0.25, 0.3) is 5.91 Å². The van der Waals surface area contributed by atoms with Crippen molar-refractivity contribution in [3.63, 3.8) is 0 Å². The molecule has 7 heteroatoms. The van der Waals surface area contributed by atoms with Crippen molar-refractivity contribution in [1.29, 1.82) is 0 Å². The summed E-state index contributed by atoms with van der Waals surface area (Å²) < 4.78 is 12.9. The number of carbonyl (C=O) groups is 2. The fourth-order valence-corrected chi connectivity index (χ4v) is 2.88. The van der Waals surface area contributed by atoms with E-state index in [1.165, 1.54) is 12.1 Å². The quantitative estimate of drug-likeness (QED) is 0.480. The number of nitrogens with one attached hydrogen (secondary N) is 3. The van der Waals surface area contributed by atoms with Crippen LogP contribution in [0.5, 0.6) is 0 Å². The molecule has 0 unspecified atom stereocenters. The van der Waals surface area contributed by atoms with Gasteiger partial charge in [-0.15, -0.1) is 0 Å². The third-order valence-electron chi connectivity index (χ3n) is 4.11. The fourth-order valence-electron chi connectivity index (χ4n) is 2.71. The summed E-state index contributed by atoms with van der Waals surface area (Å²) in [5, 5.41) is 8.38. The highest BCUT2D eigenvalue weighted by molar-refractivity contribution is 6.31. The zero-order valence-corrected chi connectivity index (χ0v) is 16.4. The molecule has 3 N–H and O–H groups in total. The number of halogens is 2. The molecule has 0 aliphatic rings. The first-order chi connectivity index (χ1) is 13.9. The number of aryl methyl sites for hydroxylation is 1. The van der Waals surface area contributed by atoms with Gasteiger partial charge in [-0.1, -0.05) is 29.8 Å². The van der Waals surface area contributed by atoms with E-state index in [-0.39, 0.29) is 5.91 Å². The maximum Gasteiger partial charge on any atom is 0.323 e. The van der Waals surface area contributed by atoms with Crippen molar-refractivity contribution in [3.05, 3.63) is 88.4 Å². The summed E-state index contributed by atoms with van der Waals surface area (Å²) >= 11 is 5.87. The molecule has 148 valence electrons. The predicted molar refractivity (Wildman–Crippen MR) is 114 cm³/mol. The first kappa shape index (κ1) is 20.4. The van der Waals surface area contributed by atoms with Crippen LogP contribution in [0.15, 0.2) is 66.7 Å². The second-order valence-electron chi connectivity index (χ2n) is 6.42. The summed E-state index contributed by atoms with van der Waals surface area (Å²) in [5.41, 5.74) is 3.27. The van der Waals surface area contributed by atoms with Gasteiger partial charge in [-0.05, 0) is 61.0 Å². The minimum absolute atomic E-state index is 0.287. The number of rotatable bonds is 5. The number of amides is 3. The molecule has 0 spiro atoms. The molecular formula is C22H19ClFN3O2. The molecule has 5 nitrogen and oxygen atoms in total. The number of hydrogen-bond acceptors (Lipinski definition) is 2. The Kier molecular flexibility index (Phi) is 6.46. The van der Waals surface area contributed by atoms with E-state index in [4.69, 9.17) is 11.6 Å². The summed E-state index contributed by atoms with van der Waals surface area (Å²) in [6, 6.07) is 18.1. The van der Waals surface area contributed by atoms with Crippen LogP contribution in [0.4, 0.5) is 26.2 Å². The molecular weight excluding hydrogens is 393 g/mol. The van der Waals surface area contributed by atoms with E-state index < -0.39 is 12.7 Å². The second kappa shape index (κ2) is 9.21. The Morgan fingerprint density at radius 2 is 1.52 bits per heavy atom. The van der Waals surface area contributed by atoms with Crippen LogP contribution >= 0.6 is 11.6 Å². The van der Waals surface area contributed by atoms with Gasteiger partial charge in [-0.3, -0.25) is 4.79 Å². The van der Waals surface area contributed by atoms with E-state index in [2.05, 4.69) is 16.0 Å². The monoisotopic (exact) mass is 411 g/mol. The summed E-state index contributed by atoms with van der Waals surface area (Å²) in [7, 11) is 0. The lowest BCUT2D eigenvalue weighted by Gasteiger charge is -2.11. The van der Waals surface area contributed by atoms with Gasteiger partial charge in [0.1, 0.15) is 6.67 Å². The van der Waals surface area contributed by atoms with Gasteiger partial charge < -0.3 is 16.0 Å². The summed E-state index contributed by atoms with van der Waals surface area (Å²) in [4.78, 5) is 24.7. The molecule has 3 aromatic rings. The average molecular weight is 412 g/mol. The highest BCUT2D eigenvalue weighted by atomic mass is 35.5. The molecule has 0 radical (unpaired) electrons. The molecule has 0 aliphatic heterocycles. The van der Waals surface area contributed by atoms with Crippen LogP contribution in [0.1, 0.15) is 21.5 Å². The minimum Gasteiger partial charge on any atom is -0.322 e. The van der Waals surface area contributed by atoms with Gasteiger partial charge in [0.05, 0.1) is 0 Å². The molecule has 3 amide bonds. The second-order valence-corrected chi connectivity index (χ2v) is 6.83. The Morgan fingerprint density at radius 1 is 0.862 bits per heavy atom.